The Labute approximate surface area is 117 Å². The van der Waals surface area contributed by atoms with Gasteiger partial charge < -0.3 is 0 Å². The molecule has 0 saturated carbocycles. The van der Waals surface area contributed by atoms with Gasteiger partial charge in [-0.2, -0.15) is 26.2 Å². The van der Waals surface area contributed by atoms with Gasteiger partial charge >= 0.3 is 16.3 Å². The number of hydrogen-bond acceptors (Lipinski definition) is 4. The first-order chi connectivity index (χ1) is 9.65. The number of halogens is 3. The molecule has 0 amide bonds. The molecule has 1 N–H and O–H groups in total. The minimum atomic E-state index is -4.64. The van der Waals surface area contributed by atoms with E-state index in [4.69, 9.17) is 4.55 Å². The topological polar surface area (TPSA) is 84.0 Å². The highest BCUT2D eigenvalue weighted by Gasteiger charge is 2.34. The zero-order valence-corrected chi connectivity index (χ0v) is 11.1. The van der Waals surface area contributed by atoms with Crippen LogP contribution in [0, 0.1) is 0 Å². The molecular weight excluding hydrogens is 311 g/mol. The normalized spacial score (nSPS) is 12.4. The van der Waals surface area contributed by atoms with Gasteiger partial charge in [-0.15, -0.1) is 0 Å². The zero-order valence-electron chi connectivity index (χ0n) is 10.3. The monoisotopic (exact) mass is 320 g/mol. The molecule has 0 bridgehead atoms. The first-order valence-corrected chi connectivity index (χ1v) is 7.11. The molecule has 0 fully saturated rings. The van der Waals surface area contributed by atoms with E-state index in [2.05, 4.69) is 9.97 Å². The lowest BCUT2D eigenvalue weighted by atomic mass is 10.2. The van der Waals surface area contributed by atoms with Crippen molar-refractivity contribution in [3.63, 3.8) is 0 Å². The summed E-state index contributed by atoms with van der Waals surface area (Å²) in [5.41, 5.74) is 0.408. The molecular formula is C11H9F3N3O3S+. The quantitative estimate of drug-likeness (QED) is 0.680. The van der Waals surface area contributed by atoms with Gasteiger partial charge in [0.05, 0.1) is 5.69 Å². The molecule has 0 unspecified atom stereocenters. The van der Waals surface area contributed by atoms with E-state index in [1.807, 2.05) is 0 Å². The van der Waals surface area contributed by atoms with Crippen LogP contribution in [0.5, 0.6) is 0 Å². The SMILES string of the molecule is O=S(=O)(O)C[n+]1ccc(-c2ccnc(C(F)(F)F)n2)cc1. The average Bonchev–Trinajstić information content (AvgIpc) is 2.37. The first kappa shape index (κ1) is 15.3. The van der Waals surface area contributed by atoms with E-state index in [-0.39, 0.29) is 5.69 Å². The van der Waals surface area contributed by atoms with Crippen molar-refractivity contribution >= 4 is 10.1 Å². The average molecular weight is 320 g/mol. The van der Waals surface area contributed by atoms with Gasteiger partial charge in [0.15, 0.2) is 12.4 Å². The number of alkyl halides is 3. The maximum atomic E-state index is 12.5. The predicted octanol–water partition coefficient (Wildman–Crippen LogP) is 1.30. The number of aromatic nitrogens is 3. The Kier molecular flexibility index (Phi) is 3.92. The molecule has 0 radical (unpaired) electrons. The van der Waals surface area contributed by atoms with Crippen molar-refractivity contribution in [2.45, 2.75) is 12.1 Å². The molecule has 0 aliphatic rings. The van der Waals surface area contributed by atoms with Crippen molar-refractivity contribution in [1.29, 1.82) is 0 Å². The molecule has 0 aromatic carbocycles. The van der Waals surface area contributed by atoms with Crippen LogP contribution in [-0.2, 0) is 22.2 Å². The number of pyridine rings is 1. The second-order valence-corrected chi connectivity index (χ2v) is 5.50. The van der Waals surface area contributed by atoms with E-state index in [1.54, 1.807) is 0 Å². The van der Waals surface area contributed by atoms with Crippen LogP contribution in [0.3, 0.4) is 0 Å². The van der Waals surface area contributed by atoms with E-state index in [1.165, 1.54) is 30.6 Å². The van der Waals surface area contributed by atoms with Crippen LogP contribution in [0.25, 0.3) is 11.3 Å². The largest absolute Gasteiger partial charge is 0.451 e. The summed E-state index contributed by atoms with van der Waals surface area (Å²) in [4.78, 5) is 6.55. The molecule has 0 spiro atoms. The Morgan fingerprint density at radius 2 is 1.81 bits per heavy atom. The lowest BCUT2D eigenvalue weighted by Gasteiger charge is -2.06. The van der Waals surface area contributed by atoms with Gasteiger partial charge in [0.2, 0.25) is 5.82 Å². The zero-order chi connectivity index (χ0) is 15.7. The predicted molar refractivity (Wildman–Crippen MR) is 64.2 cm³/mol. The molecule has 0 atom stereocenters. The fraction of sp³-hybridized carbons (Fsp3) is 0.182. The van der Waals surface area contributed by atoms with E-state index in [0.29, 0.717) is 5.56 Å². The Hall–Kier alpha value is -2.07. The highest BCUT2D eigenvalue weighted by Crippen LogP contribution is 2.27. The van der Waals surface area contributed by atoms with Crippen LogP contribution in [0.1, 0.15) is 5.82 Å². The van der Waals surface area contributed by atoms with Crippen LogP contribution < -0.4 is 4.57 Å². The molecule has 2 aromatic rings. The van der Waals surface area contributed by atoms with Crippen LogP contribution in [0.2, 0.25) is 0 Å². The minimum absolute atomic E-state index is 0.0522. The fourth-order valence-electron chi connectivity index (χ4n) is 1.56. The summed E-state index contributed by atoms with van der Waals surface area (Å²) in [6.07, 6.45) is -1.04. The van der Waals surface area contributed by atoms with Gasteiger partial charge in [-0.3, -0.25) is 4.55 Å². The molecule has 6 nitrogen and oxygen atoms in total. The summed E-state index contributed by atoms with van der Waals surface area (Å²) in [5, 5.41) is 0. The Balaban J connectivity index is 2.31. The first-order valence-electron chi connectivity index (χ1n) is 5.50. The van der Waals surface area contributed by atoms with Crippen LogP contribution in [-0.4, -0.2) is 22.9 Å². The Morgan fingerprint density at radius 3 is 2.33 bits per heavy atom. The third kappa shape index (κ3) is 4.20. The van der Waals surface area contributed by atoms with Gasteiger partial charge in [0.25, 0.3) is 5.88 Å². The summed E-state index contributed by atoms with van der Waals surface area (Å²) in [6, 6.07) is 4.07. The van der Waals surface area contributed by atoms with Crippen molar-refractivity contribution in [1.82, 2.24) is 9.97 Å². The lowest BCUT2D eigenvalue weighted by Crippen LogP contribution is -2.36. The number of rotatable bonds is 3. The standard InChI is InChI=1S/C11H8F3N3O3S/c12-11(13,14)10-15-4-1-9(16-10)8-2-5-17(6-3-8)7-21(18,19)20/h1-6H,7H2/p+1. The molecule has 2 rings (SSSR count). The molecule has 21 heavy (non-hydrogen) atoms. The summed E-state index contributed by atoms with van der Waals surface area (Å²) in [5.74, 6) is -1.90. The van der Waals surface area contributed by atoms with Crippen LogP contribution in [0.4, 0.5) is 13.2 Å². The molecule has 10 heteroatoms. The number of nitrogens with zero attached hydrogens (tertiary/aromatic N) is 3. The molecule has 0 saturated heterocycles. The van der Waals surface area contributed by atoms with E-state index in [0.717, 1.165) is 10.8 Å². The van der Waals surface area contributed by atoms with Crippen LogP contribution in [0.15, 0.2) is 36.8 Å². The molecule has 112 valence electrons. The van der Waals surface area contributed by atoms with Gasteiger partial charge in [-0.25, -0.2) is 9.97 Å². The summed E-state index contributed by atoms with van der Waals surface area (Å²) >= 11 is 0. The lowest BCUT2D eigenvalue weighted by molar-refractivity contribution is -0.678. The van der Waals surface area contributed by atoms with Gasteiger partial charge in [0.1, 0.15) is 0 Å². The van der Waals surface area contributed by atoms with Crippen molar-refractivity contribution in [3.05, 3.63) is 42.6 Å². The molecule has 2 heterocycles. The second kappa shape index (κ2) is 5.37. The summed E-state index contributed by atoms with van der Waals surface area (Å²) < 4.78 is 68.8. The maximum Gasteiger partial charge on any atom is 0.451 e. The second-order valence-electron chi connectivity index (χ2n) is 4.08. The van der Waals surface area contributed by atoms with E-state index >= 15 is 0 Å². The summed E-state index contributed by atoms with van der Waals surface area (Å²) in [7, 11) is -4.19. The highest BCUT2D eigenvalue weighted by atomic mass is 32.2. The van der Waals surface area contributed by atoms with Gasteiger partial charge in [0, 0.05) is 23.9 Å². The number of hydrogen-bond donors (Lipinski definition) is 1. The third-order valence-electron chi connectivity index (χ3n) is 2.41. The Morgan fingerprint density at radius 1 is 1.19 bits per heavy atom. The maximum absolute atomic E-state index is 12.5. The smallest absolute Gasteiger partial charge is 0.281 e. The van der Waals surface area contributed by atoms with E-state index < -0.39 is 28.0 Å². The molecule has 0 aliphatic heterocycles. The van der Waals surface area contributed by atoms with Crippen molar-refractivity contribution < 1.29 is 30.7 Å². The van der Waals surface area contributed by atoms with Gasteiger partial charge in [-0.05, 0) is 6.07 Å². The summed E-state index contributed by atoms with van der Waals surface area (Å²) in [6.45, 7) is 0. The minimum Gasteiger partial charge on any atom is -0.281 e. The molecule has 0 aliphatic carbocycles. The van der Waals surface area contributed by atoms with Crippen molar-refractivity contribution in [3.8, 4) is 11.3 Å². The van der Waals surface area contributed by atoms with Crippen molar-refractivity contribution in [2.75, 3.05) is 0 Å². The fourth-order valence-corrected chi connectivity index (χ4v) is 2.11. The molecule has 2 aromatic heterocycles. The van der Waals surface area contributed by atoms with Crippen molar-refractivity contribution in [2.24, 2.45) is 0 Å². The Bertz CT molecular complexity index is 745. The highest BCUT2D eigenvalue weighted by molar-refractivity contribution is 7.84. The third-order valence-corrected chi connectivity index (χ3v) is 3.03. The van der Waals surface area contributed by atoms with Crippen LogP contribution >= 0.6 is 0 Å². The van der Waals surface area contributed by atoms with E-state index in [9.17, 15) is 21.6 Å². The van der Waals surface area contributed by atoms with Gasteiger partial charge in [-0.1, -0.05) is 0 Å².